The summed E-state index contributed by atoms with van der Waals surface area (Å²) in [6.07, 6.45) is 4.72. The Morgan fingerprint density at radius 1 is 0.765 bits per heavy atom. The number of halogens is 2. The molecular formula is C27H22F2O5. The molecule has 0 aromatic heterocycles. The van der Waals surface area contributed by atoms with Crippen LogP contribution in [0.4, 0.5) is 8.78 Å². The number of methoxy groups -OCH3 is 1. The minimum absolute atomic E-state index is 0.120. The first-order chi connectivity index (χ1) is 16.4. The van der Waals surface area contributed by atoms with E-state index in [9.17, 15) is 13.6 Å². The topological polar surface area (TPSA) is 54.0 Å². The summed E-state index contributed by atoms with van der Waals surface area (Å²) in [7, 11) is 1.41. The standard InChI is InChI=1S/C27H22F2O5/c1-18(2)27(30)34-17-16-32-22-10-8-20(9-11-22)19-4-6-21(7-5-19)23-12-13-24(26(29)25(23)28)33-15-14-31-3/h4-17H,1H2,2-3H3/b15-14-,17-16-. The highest BCUT2D eigenvalue weighted by molar-refractivity contribution is 5.87. The molecule has 0 saturated carbocycles. The molecule has 0 radical (unpaired) electrons. The number of rotatable bonds is 9. The Hall–Kier alpha value is -4.39. The summed E-state index contributed by atoms with van der Waals surface area (Å²) >= 11 is 0. The molecule has 0 amide bonds. The normalized spacial score (nSPS) is 10.9. The minimum Gasteiger partial charge on any atom is -0.501 e. The number of esters is 1. The molecule has 0 aliphatic rings. The second-order valence-corrected chi connectivity index (χ2v) is 7.04. The van der Waals surface area contributed by atoms with E-state index in [1.807, 2.05) is 24.3 Å². The van der Waals surface area contributed by atoms with Gasteiger partial charge in [0.15, 0.2) is 11.6 Å². The van der Waals surface area contributed by atoms with Gasteiger partial charge in [0.2, 0.25) is 5.82 Å². The molecule has 174 valence electrons. The minimum atomic E-state index is -1.08. The van der Waals surface area contributed by atoms with E-state index in [1.54, 1.807) is 31.2 Å². The maximum absolute atomic E-state index is 14.6. The molecule has 0 unspecified atom stereocenters. The van der Waals surface area contributed by atoms with Gasteiger partial charge in [0.05, 0.1) is 7.11 Å². The van der Waals surface area contributed by atoms with Crippen molar-refractivity contribution in [3.05, 3.63) is 109 Å². The maximum atomic E-state index is 14.6. The van der Waals surface area contributed by atoms with Crippen LogP contribution in [-0.2, 0) is 14.3 Å². The number of carbonyl (C=O) groups excluding carboxylic acids is 1. The number of carbonyl (C=O) groups is 1. The fourth-order valence-electron chi connectivity index (χ4n) is 2.87. The van der Waals surface area contributed by atoms with E-state index in [-0.39, 0.29) is 16.9 Å². The molecule has 0 aliphatic carbocycles. The van der Waals surface area contributed by atoms with Crippen LogP contribution in [0, 0.1) is 11.6 Å². The molecule has 0 N–H and O–H groups in total. The van der Waals surface area contributed by atoms with Gasteiger partial charge in [0.1, 0.15) is 30.8 Å². The van der Waals surface area contributed by atoms with Crippen LogP contribution in [0.3, 0.4) is 0 Å². The molecule has 5 nitrogen and oxygen atoms in total. The van der Waals surface area contributed by atoms with Gasteiger partial charge in [-0.3, -0.25) is 0 Å². The molecule has 0 fully saturated rings. The quantitative estimate of drug-likeness (QED) is 0.199. The van der Waals surface area contributed by atoms with Crippen molar-refractivity contribution in [2.45, 2.75) is 6.92 Å². The average Bonchev–Trinajstić information content (AvgIpc) is 2.85. The van der Waals surface area contributed by atoms with Gasteiger partial charge in [-0.05, 0) is 47.9 Å². The predicted molar refractivity (Wildman–Crippen MR) is 125 cm³/mol. The zero-order chi connectivity index (χ0) is 24.5. The van der Waals surface area contributed by atoms with Crippen molar-refractivity contribution >= 4 is 5.97 Å². The summed E-state index contributed by atoms with van der Waals surface area (Å²) in [5.74, 6) is -2.31. The Morgan fingerprint density at radius 3 is 1.97 bits per heavy atom. The smallest absolute Gasteiger partial charge is 0.338 e. The zero-order valence-electron chi connectivity index (χ0n) is 18.6. The average molecular weight is 464 g/mol. The molecule has 3 aromatic carbocycles. The van der Waals surface area contributed by atoms with E-state index in [1.165, 1.54) is 31.8 Å². The lowest BCUT2D eigenvalue weighted by molar-refractivity contribution is -0.133. The van der Waals surface area contributed by atoms with Crippen molar-refractivity contribution in [1.82, 2.24) is 0 Å². The van der Waals surface area contributed by atoms with Crippen molar-refractivity contribution in [2.24, 2.45) is 0 Å². The summed E-state index contributed by atoms with van der Waals surface area (Å²) in [4.78, 5) is 11.3. The fourth-order valence-corrected chi connectivity index (χ4v) is 2.87. The lowest BCUT2D eigenvalue weighted by atomic mass is 9.99. The van der Waals surface area contributed by atoms with Crippen molar-refractivity contribution in [1.29, 1.82) is 0 Å². The predicted octanol–water partition coefficient (Wildman–Crippen LogP) is 6.76. The largest absolute Gasteiger partial charge is 0.501 e. The Labute approximate surface area is 196 Å². The first kappa shape index (κ1) is 24.3. The van der Waals surface area contributed by atoms with Crippen LogP contribution in [0.1, 0.15) is 6.92 Å². The van der Waals surface area contributed by atoms with Gasteiger partial charge in [0, 0.05) is 11.1 Å². The van der Waals surface area contributed by atoms with Gasteiger partial charge >= 0.3 is 5.97 Å². The summed E-state index contributed by atoms with van der Waals surface area (Å²) < 4.78 is 48.8. The van der Waals surface area contributed by atoms with E-state index in [4.69, 9.17) is 14.2 Å². The first-order valence-electron chi connectivity index (χ1n) is 10.1. The van der Waals surface area contributed by atoms with Crippen LogP contribution < -0.4 is 9.47 Å². The number of hydrogen-bond acceptors (Lipinski definition) is 5. The van der Waals surface area contributed by atoms with Crippen molar-refractivity contribution in [2.75, 3.05) is 7.11 Å². The van der Waals surface area contributed by atoms with Gasteiger partial charge in [-0.25, -0.2) is 9.18 Å². The summed E-state index contributed by atoms with van der Waals surface area (Å²) in [6.45, 7) is 5.03. The van der Waals surface area contributed by atoms with Crippen LogP contribution in [0.25, 0.3) is 22.3 Å². The van der Waals surface area contributed by atoms with E-state index in [2.05, 4.69) is 11.3 Å². The van der Waals surface area contributed by atoms with E-state index in [0.717, 1.165) is 23.7 Å². The Bertz CT molecular complexity index is 1210. The van der Waals surface area contributed by atoms with Gasteiger partial charge in [-0.15, -0.1) is 0 Å². The third kappa shape index (κ3) is 6.10. The SMILES string of the molecule is C=C(C)C(=O)O/C=C\Oc1ccc(-c2ccc(-c3ccc(O/C=C\OC)c(F)c3F)cc2)cc1. The Morgan fingerprint density at radius 2 is 1.35 bits per heavy atom. The van der Waals surface area contributed by atoms with Crippen LogP contribution in [0.2, 0.25) is 0 Å². The lowest BCUT2D eigenvalue weighted by Crippen LogP contribution is -1.99. The second-order valence-electron chi connectivity index (χ2n) is 7.04. The Balaban J connectivity index is 1.68. The van der Waals surface area contributed by atoms with Crippen LogP contribution in [0.5, 0.6) is 11.5 Å². The number of ether oxygens (including phenoxy) is 4. The van der Waals surface area contributed by atoms with Gasteiger partial charge < -0.3 is 18.9 Å². The van der Waals surface area contributed by atoms with Crippen LogP contribution in [-0.4, -0.2) is 13.1 Å². The number of benzene rings is 3. The van der Waals surface area contributed by atoms with E-state index >= 15 is 0 Å². The molecule has 0 saturated heterocycles. The zero-order valence-corrected chi connectivity index (χ0v) is 18.6. The second kappa shape index (κ2) is 11.5. The van der Waals surface area contributed by atoms with Crippen LogP contribution in [0.15, 0.2) is 97.9 Å². The van der Waals surface area contributed by atoms with Crippen molar-refractivity contribution < 1.29 is 32.5 Å². The molecule has 0 spiro atoms. The molecule has 3 aromatic rings. The third-order valence-corrected chi connectivity index (χ3v) is 4.60. The van der Waals surface area contributed by atoms with Crippen molar-refractivity contribution in [3.63, 3.8) is 0 Å². The van der Waals surface area contributed by atoms with Crippen molar-refractivity contribution in [3.8, 4) is 33.8 Å². The molecular weight excluding hydrogens is 442 g/mol. The van der Waals surface area contributed by atoms with Gasteiger partial charge in [-0.2, -0.15) is 4.39 Å². The van der Waals surface area contributed by atoms with E-state index < -0.39 is 17.6 Å². The molecule has 3 rings (SSSR count). The summed E-state index contributed by atoms with van der Waals surface area (Å²) in [6, 6.07) is 17.0. The highest BCUT2D eigenvalue weighted by atomic mass is 19.2. The molecule has 7 heteroatoms. The molecule has 34 heavy (non-hydrogen) atoms. The molecule has 0 atom stereocenters. The van der Waals surface area contributed by atoms with Gasteiger partial charge in [-0.1, -0.05) is 43.0 Å². The van der Waals surface area contributed by atoms with Crippen LogP contribution >= 0.6 is 0 Å². The first-order valence-corrected chi connectivity index (χ1v) is 10.1. The maximum Gasteiger partial charge on any atom is 0.338 e. The highest BCUT2D eigenvalue weighted by Crippen LogP contribution is 2.31. The fraction of sp³-hybridized carbons (Fsp3) is 0.0741. The summed E-state index contributed by atoms with van der Waals surface area (Å²) in [5, 5.41) is 0. The molecule has 0 aliphatic heterocycles. The molecule has 0 heterocycles. The van der Waals surface area contributed by atoms with Gasteiger partial charge in [0.25, 0.3) is 0 Å². The lowest BCUT2D eigenvalue weighted by Gasteiger charge is -2.09. The monoisotopic (exact) mass is 464 g/mol. The highest BCUT2D eigenvalue weighted by Gasteiger charge is 2.15. The molecule has 0 bridgehead atoms. The number of hydrogen-bond donors (Lipinski definition) is 0. The Kier molecular flexibility index (Phi) is 8.18. The summed E-state index contributed by atoms with van der Waals surface area (Å²) in [5.41, 5.74) is 2.71. The van der Waals surface area contributed by atoms with E-state index in [0.29, 0.717) is 11.3 Å². The third-order valence-electron chi connectivity index (χ3n) is 4.60.